The fraction of sp³-hybridized carbons (Fsp3) is 0.304. The second-order valence-corrected chi connectivity index (χ2v) is 9.03. The normalized spacial score (nSPS) is 18.9. The molecule has 3 aromatic rings. The topological polar surface area (TPSA) is 33.1 Å². The first-order chi connectivity index (χ1) is 14.3. The lowest BCUT2D eigenvalue weighted by molar-refractivity contribution is 0.269. The van der Waals surface area contributed by atoms with Gasteiger partial charge in [0.15, 0.2) is 5.11 Å². The summed E-state index contributed by atoms with van der Waals surface area (Å²) < 4.78 is 2.17. The predicted octanol–water partition coefficient (Wildman–Crippen LogP) is 6.18. The Labute approximate surface area is 192 Å². The van der Waals surface area contributed by atoms with Gasteiger partial charge in [0, 0.05) is 23.6 Å². The molecular weight excluding hydrogens is 435 g/mol. The van der Waals surface area contributed by atoms with E-state index >= 15 is 0 Å². The Hall–Kier alpha value is -2.08. The van der Waals surface area contributed by atoms with Crippen LogP contribution in [0.5, 0.6) is 0 Å². The smallest absolute Gasteiger partial charge is 0.170 e. The largest absolute Gasteiger partial charge is 0.352 e. The van der Waals surface area contributed by atoms with E-state index < -0.39 is 0 Å². The highest BCUT2D eigenvalue weighted by Gasteiger charge is 2.42. The van der Waals surface area contributed by atoms with Crippen molar-refractivity contribution in [3.63, 3.8) is 0 Å². The average molecular weight is 459 g/mol. The fourth-order valence-electron chi connectivity index (χ4n) is 4.38. The molecule has 1 aliphatic rings. The van der Waals surface area contributed by atoms with E-state index in [-0.39, 0.29) is 18.1 Å². The standard InChI is InChI=1S/C23H24Cl2N4S/c1-13(2)28-22(21(27-23(28)30)18-9-5-6-11-26-18)16-12-14(3)29(15(16)4)19-10-7-8-17(24)20(19)25/h5-13,21-22H,1-4H3,(H,27,30)/t21-,22+/m1/s1. The quantitative estimate of drug-likeness (QED) is 0.473. The van der Waals surface area contributed by atoms with Gasteiger partial charge in [0.05, 0.1) is 33.5 Å². The zero-order chi connectivity index (χ0) is 21.6. The summed E-state index contributed by atoms with van der Waals surface area (Å²) in [6.45, 7) is 8.53. The fourth-order valence-corrected chi connectivity index (χ4v) is 5.21. The van der Waals surface area contributed by atoms with E-state index in [1.807, 2.05) is 36.5 Å². The van der Waals surface area contributed by atoms with Gasteiger partial charge in [0.2, 0.25) is 0 Å². The molecule has 7 heteroatoms. The zero-order valence-electron chi connectivity index (χ0n) is 17.4. The van der Waals surface area contributed by atoms with Crippen molar-refractivity contribution in [3.8, 4) is 5.69 Å². The highest BCUT2D eigenvalue weighted by atomic mass is 35.5. The van der Waals surface area contributed by atoms with Gasteiger partial charge in [-0.05, 0) is 75.8 Å². The van der Waals surface area contributed by atoms with Crippen LogP contribution in [0.1, 0.15) is 48.6 Å². The molecule has 4 rings (SSSR count). The number of hydrogen-bond donors (Lipinski definition) is 1. The molecule has 0 spiro atoms. The van der Waals surface area contributed by atoms with E-state index in [0.717, 1.165) is 27.9 Å². The Bertz CT molecular complexity index is 1090. The van der Waals surface area contributed by atoms with Crippen molar-refractivity contribution >= 4 is 40.5 Å². The maximum absolute atomic E-state index is 6.56. The molecule has 2 aromatic heterocycles. The number of benzene rings is 1. The van der Waals surface area contributed by atoms with Crippen LogP contribution in [0.25, 0.3) is 5.69 Å². The lowest BCUT2D eigenvalue weighted by atomic mass is 9.96. The number of nitrogens with one attached hydrogen (secondary N) is 1. The molecule has 0 radical (unpaired) electrons. The third-order valence-electron chi connectivity index (χ3n) is 5.65. The van der Waals surface area contributed by atoms with Crippen LogP contribution in [0, 0.1) is 13.8 Å². The van der Waals surface area contributed by atoms with E-state index in [1.165, 1.54) is 5.56 Å². The average Bonchev–Trinajstić information content (AvgIpc) is 3.21. The molecule has 1 N–H and O–H groups in total. The maximum Gasteiger partial charge on any atom is 0.170 e. The molecule has 0 amide bonds. The molecule has 3 heterocycles. The molecular formula is C23H24Cl2N4S. The van der Waals surface area contributed by atoms with Crippen molar-refractivity contribution in [1.29, 1.82) is 0 Å². The number of hydrogen-bond acceptors (Lipinski definition) is 2. The third kappa shape index (κ3) is 3.49. The van der Waals surface area contributed by atoms with E-state index in [1.54, 1.807) is 6.07 Å². The van der Waals surface area contributed by atoms with Gasteiger partial charge in [-0.1, -0.05) is 35.3 Å². The monoisotopic (exact) mass is 458 g/mol. The molecule has 0 bridgehead atoms. The number of aromatic nitrogens is 2. The van der Waals surface area contributed by atoms with Crippen molar-refractivity contribution < 1.29 is 0 Å². The molecule has 0 unspecified atom stereocenters. The van der Waals surface area contributed by atoms with E-state index in [2.05, 4.69) is 53.5 Å². The van der Waals surface area contributed by atoms with Crippen LogP contribution in [0.4, 0.5) is 0 Å². The summed E-state index contributed by atoms with van der Waals surface area (Å²) in [5.41, 5.74) is 5.25. The SMILES string of the molecule is Cc1cc([C@H]2[C@@H](c3ccccn3)NC(=S)N2C(C)C)c(C)n1-c1cccc(Cl)c1Cl. The molecule has 156 valence electrons. The van der Waals surface area contributed by atoms with Crippen molar-refractivity contribution in [2.45, 2.75) is 45.8 Å². The number of rotatable bonds is 4. The van der Waals surface area contributed by atoms with Crippen molar-refractivity contribution in [2.24, 2.45) is 0 Å². The molecule has 1 saturated heterocycles. The lowest BCUT2D eigenvalue weighted by Gasteiger charge is -2.31. The van der Waals surface area contributed by atoms with E-state index in [0.29, 0.717) is 10.0 Å². The number of halogens is 2. The Balaban J connectivity index is 1.88. The summed E-state index contributed by atoms with van der Waals surface area (Å²) in [5.74, 6) is 0. The number of aryl methyl sites for hydroxylation is 1. The minimum atomic E-state index is -0.0371. The van der Waals surface area contributed by atoms with Crippen molar-refractivity contribution in [1.82, 2.24) is 19.8 Å². The minimum absolute atomic E-state index is 0.0188. The number of thiocarbonyl (C=S) groups is 1. The van der Waals surface area contributed by atoms with Gasteiger partial charge in [-0.15, -0.1) is 0 Å². The second kappa shape index (κ2) is 8.22. The second-order valence-electron chi connectivity index (χ2n) is 7.86. The predicted molar refractivity (Wildman–Crippen MR) is 128 cm³/mol. The number of nitrogens with zero attached hydrogens (tertiary/aromatic N) is 3. The zero-order valence-corrected chi connectivity index (χ0v) is 19.7. The summed E-state index contributed by atoms with van der Waals surface area (Å²) in [7, 11) is 0. The van der Waals surface area contributed by atoms with Crippen molar-refractivity contribution in [3.05, 3.63) is 81.4 Å². The van der Waals surface area contributed by atoms with E-state index in [9.17, 15) is 0 Å². The molecule has 0 saturated carbocycles. The Kier molecular flexibility index (Phi) is 5.80. The first-order valence-corrected chi connectivity index (χ1v) is 11.1. The van der Waals surface area contributed by atoms with E-state index in [4.69, 9.17) is 35.4 Å². The Morgan fingerprint density at radius 2 is 1.87 bits per heavy atom. The summed E-state index contributed by atoms with van der Waals surface area (Å²) >= 11 is 18.6. The first-order valence-electron chi connectivity index (χ1n) is 9.94. The number of pyridine rings is 1. The van der Waals surface area contributed by atoms with Crippen LogP contribution in [-0.4, -0.2) is 25.6 Å². The van der Waals surface area contributed by atoms with Crippen LogP contribution >= 0.6 is 35.4 Å². The first kappa shape index (κ1) is 21.2. The van der Waals surface area contributed by atoms with Gasteiger partial charge >= 0.3 is 0 Å². The molecule has 1 aliphatic heterocycles. The summed E-state index contributed by atoms with van der Waals surface area (Å²) in [6, 6.07) is 14.1. The van der Waals surface area contributed by atoms with Crippen LogP contribution in [-0.2, 0) is 0 Å². The summed E-state index contributed by atoms with van der Waals surface area (Å²) in [4.78, 5) is 6.88. The lowest BCUT2D eigenvalue weighted by Crippen LogP contribution is -2.35. The Morgan fingerprint density at radius 3 is 2.53 bits per heavy atom. The maximum atomic E-state index is 6.56. The highest BCUT2D eigenvalue weighted by molar-refractivity contribution is 7.80. The van der Waals surface area contributed by atoms with Crippen LogP contribution < -0.4 is 5.32 Å². The molecule has 1 aromatic carbocycles. The molecule has 1 fully saturated rings. The highest BCUT2D eigenvalue weighted by Crippen LogP contribution is 2.43. The summed E-state index contributed by atoms with van der Waals surface area (Å²) in [5, 5.41) is 5.35. The van der Waals surface area contributed by atoms with Gasteiger partial charge < -0.3 is 14.8 Å². The van der Waals surface area contributed by atoms with Gasteiger partial charge in [-0.25, -0.2) is 0 Å². The van der Waals surface area contributed by atoms with Crippen LogP contribution in [0.2, 0.25) is 10.0 Å². The summed E-state index contributed by atoms with van der Waals surface area (Å²) in [6.07, 6.45) is 1.82. The molecule has 30 heavy (non-hydrogen) atoms. The van der Waals surface area contributed by atoms with Crippen LogP contribution in [0.3, 0.4) is 0 Å². The third-order valence-corrected chi connectivity index (χ3v) is 6.79. The molecule has 4 nitrogen and oxygen atoms in total. The van der Waals surface area contributed by atoms with Gasteiger partial charge in [0.25, 0.3) is 0 Å². The van der Waals surface area contributed by atoms with Crippen LogP contribution in [0.15, 0.2) is 48.7 Å². The van der Waals surface area contributed by atoms with Gasteiger partial charge in [-0.3, -0.25) is 4.98 Å². The van der Waals surface area contributed by atoms with Crippen molar-refractivity contribution in [2.75, 3.05) is 0 Å². The van der Waals surface area contributed by atoms with Gasteiger partial charge in [0.1, 0.15) is 0 Å². The van der Waals surface area contributed by atoms with Gasteiger partial charge in [-0.2, -0.15) is 0 Å². The molecule has 2 atom stereocenters. The minimum Gasteiger partial charge on any atom is -0.352 e. The molecule has 0 aliphatic carbocycles. The Morgan fingerprint density at radius 1 is 1.10 bits per heavy atom.